The maximum Gasteiger partial charge on any atom is 0.270 e. The van der Waals surface area contributed by atoms with Gasteiger partial charge in [0.2, 0.25) is 0 Å². The van der Waals surface area contributed by atoms with Crippen molar-refractivity contribution < 1.29 is 14.8 Å². The number of nitro benzene ring substituents is 1. The minimum atomic E-state index is -0.543. The Labute approximate surface area is 124 Å². The summed E-state index contributed by atoms with van der Waals surface area (Å²) in [7, 11) is 0. The zero-order chi connectivity index (χ0) is 14.6. The molecule has 0 saturated carbocycles. The Morgan fingerprint density at radius 1 is 1.53 bits per heavy atom. The predicted molar refractivity (Wildman–Crippen MR) is 79.0 cm³/mol. The van der Waals surface area contributed by atoms with E-state index < -0.39 is 10.8 Å². The van der Waals surface area contributed by atoms with Crippen LogP contribution in [0.1, 0.15) is 24.2 Å². The van der Waals surface area contributed by atoms with Crippen LogP contribution in [-0.2, 0) is 0 Å². The summed E-state index contributed by atoms with van der Waals surface area (Å²) in [6, 6.07) is 3.75. The van der Waals surface area contributed by atoms with Gasteiger partial charge in [-0.2, -0.15) is 0 Å². The number of carbonyl (C=O) groups is 1. The highest BCUT2D eigenvalue weighted by molar-refractivity contribution is 14.1. The Bertz CT molecular complexity index is 491. The third-order valence-electron chi connectivity index (χ3n) is 2.72. The number of halogens is 1. The molecule has 0 saturated heterocycles. The van der Waals surface area contributed by atoms with E-state index in [9.17, 15) is 20.0 Å². The average Bonchev–Trinajstić information content (AvgIpc) is 2.35. The predicted octanol–water partition coefficient (Wildman–Crippen LogP) is 1.95. The number of rotatable bonds is 5. The first-order valence-corrected chi connectivity index (χ1v) is 6.80. The van der Waals surface area contributed by atoms with Crippen LogP contribution in [-0.4, -0.2) is 28.6 Å². The molecule has 0 unspecified atom stereocenters. The first-order chi connectivity index (χ1) is 8.86. The monoisotopic (exact) mass is 378 g/mol. The van der Waals surface area contributed by atoms with Crippen LogP contribution in [0.25, 0.3) is 0 Å². The molecule has 1 rings (SSSR count). The summed E-state index contributed by atoms with van der Waals surface area (Å²) < 4.78 is 0.626. The summed E-state index contributed by atoms with van der Waals surface area (Å²) in [6.07, 6.45) is 0. The van der Waals surface area contributed by atoms with Crippen LogP contribution in [0.4, 0.5) is 5.69 Å². The SMILES string of the molecule is CC(C)[C@@H](CO)NC(=O)c1cc([N+](=O)[O-])ccc1I. The summed E-state index contributed by atoms with van der Waals surface area (Å²) in [6.45, 7) is 3.58. The number of aliphatic hydroxyl groups excluding tert-OH is 1. The zero-order valence-corrected chi connectivity index (χ0v) is 12.7. The molecule has 6 nitrogen and oxygen atoms in total. The smallest absolute Gasteiger partial charge is 0.270 e. The lowest BCUT2D eigenvalue weighted by Gasteiger charge is -2.20. The van der Waals surface area contributed by atoms with Crippen LogP contribution in [0.5, 0.6) is 0 Å². The van der Waals surface area contributed by atoms with Crippen molar-refractivity contribution in [1.82, 2.24) is 5.32 Å². The molecule has 1 amide bonds. The summed E-state index contributed by atoms with van der Waals surface area (Å²) >= 11 is 1.95. The number of benzene rings is 1. The number of carbonyl (C=O) groups excluding carboxylic acids is 1. The quantitative estimate of drug-likeness (QED) is 0.465. The van der Waals surface area contributed by atoms with Crippen molar-refractivity contribution in [1.29, 1.82) is 0 Å². The second-order valence-electron chi connectivity index (χ2n) is 4.43. The molecule has 0 radical (unpaired) electrons. The van der Waals surface area contributed by atoms with Gasteiger partial charge in [0.05, 0.1) is 23.1 Å². The summed E-state index contributed by atoms with van der Waals surface area (Å²) in [4.78, 5) is 22.2. The van der Waals surface area contributed by atoms with E-state index in [1.54, 1.807) is 0 Å². The second kappa shape index (κ2) is 6.80. The van der Waals surface area contributed by atoms with E-state index in [-0.39, 0.29) is 29.8 Å². The number of nitrogens with zero attached hydrogens (tertiary/aromatic N) is 1. The van der Waals surface area contributed by atoms with Crippen molar-refractivity contribution >= 4 is 34.2 Å². The summed E-state index contributed by atoms with van der Waals surface area (Å²) in [5.74, 6) is -0.342. The van der Waals surface area contributed by atoms with E-state index in [0.29, 0.717) is 3.57 Å². The third-order valence-corrected chi connectivity index (χ3v) is 3.66. The van der Waals surface area contributed by atoms with Crippen molar-refractivity contribution in [2.75, 3.05) is 6.61 Å². The normalized spacial score (nSPS) is 12.3. The van der Waals surface area contributed by atoms with Crippen LogP contribution in [0.3, 0.4) is 0 Å². The molecule has 1 atom stereocenters. The molecule has 0 bridgehead atoms. The molecular formula is C12H15IN2O4. The maximum absolute atomic E-state index is 12.1. The summed E-state index contributed by atoms with van der Waals surface area (Å²) in [5.41, 5.74) is 0.115. The van der Waals surface area contributed by atoms with E-state index in [0.717, 1.165) is 0 Å². The van der Waals surface area contributed by atoms with E-state index >= 15 is 0 Å². The van der Waals surface area contributed by atoms with Crippen molar-refractivity contribution in [3.8, 4) is 0 Å². The Balaban J connectivity index is 2.99. The largest absolute Gasteiger partial charge is 0.394 e. The van der Waals surface area contributed by atoms with E-state index in [1.807, 2.05) is 36.4 Å². The van der Waals surface area contributed by atoms with Crippen LogP contribution in [0.2, 0.25) is 0 Å². The fourth-order valence-corrected chi connectivity index (χ4v) is 2.05. The van der Waals surface area contributed by atoms with Crippen LogP contribution < -0.4 is 5.32 Å². The highest BCUT2D eigenvalue weighted by Crippen LogP contribution is 2.19. The number of amides is 1. The van der Waals surface area contributed by atoms with Crippen molar-refractivity contribution in [3.05, 3.63) is 37.4 Å². The number of nitrogens with one attached hydrogen (secondary N) is 1. The average molecular weight is 378 g/mol. The Kier molecular flexibility index (Phi) is 5.67. The molecular weight excluding hydrogens is 363 g/mol. The topological polar surface area (TPSA) is 92.5 Å². The standard InChI is InChI=1S/C12H15IN2O4/c1-7(2)11(6-16)14-12(17)9-5-8(15(18)19)3-4-10(9)13/h3-5,7,11,16H,6H2,1-2H3,(H,14,17)/t11-/m1/s1. The third kappa shape index (κ3) is 4.13. The van der Waals surface area contributed by atoms with Gasteiger partial charge in [-0.3, -0.25) is 14.9 Å². The van der Waals surface area contributed by atoms with Gasteiger partial charge in [-0.25, -0.2) is 0 Å². The van der Waals surface area contributed by atoms with Crippen molar-refractivity contribution in [2.45, 2.75) is 19.9 Å². The van der Waals surface area contributed by atoms with Gasteiger partial charge in [0.25, 0.3) is 11.6 Å². The van der Waals surface area contributed by atoms with Gasteiger partial charge < -0.3 is 10.4 Å². The van der Waals surface area contributed by atoms with Gasteiger partial charge in [-0.1, -0.05) is 13.8 Å². The molecule has 1 aromatic rings. The molecule has 2 N–H and O–H groups in total. The molecule has 19 heavy (non-hydrogen) atoms. The van der Waals surface area contributed by atoms with Gasteiger partial charge in [0.1, 0.15) is 0 Å². The number of hydrogen-bond donors (Lipinski definition) is 2. The number of nitro groups is 1. The van der Waals surface area contributed by atoms with Gasteiger partial charge >= 0.3 is 0 Å². The molecule has 0 aliphatic heterocycles. The van der Waals surface area contributed by atoms with E-state index in [4.69, 9.17) is 0 Å². The molecule has 0 aromatic heterocycles. The Hall–Kier alpha value is -1.22. The second-order valence-corrected chi connectivity index (χ2v) is 5.59. The molecule has 0 fully saturated rings. The highest BCUT2D eigenvalue weighted by atomic mass is 127. The molecule has 0 aliphatic carbocycles. The lowest BCUT2D eigenvalue weighted by molar-refractivity contribution is -0.384. The molecule has 104 valence electrons. The molecule has 1 aromatic carbocycles. The van der Waals surface area contributed by atoms with Crippen molar-refractivity contribution in [3.63, 3.8) is 0 Å². The molecule has 0 heterocycles. The fourth-order valence-electron chi connectivity index (χ4n) is 1.47. The van der Waals surface area contributed by atoms with Gasteiger partial charge in [-0.05, 0) is 34.6 Å². The molecule has 0 spiro atoms. The molecule has 7 heteroatoms. The van der Waals surface area contributed by atoms with E-state index in [2.05, 4.69) is 5.32 Å². The fraction of sp³-hybridized carbons (Fsp3) is 0.417. The lowest BCUT2D eigenvalue weighted by Crippen LogP contribution is -2.41. The number of hydrogen-bond acceptors (Lipinski definition) is 4. The first kappa shape index (κ1) is 15.8. The Morgan fingerprint density at radius 3 is 2.63 bits per heavy atom. The first-order valence-electron chi connectivity index (χ1n) is 5.72. The zero-order valence-electron chi connectivity index (χ0n) is 10.6. The minimum Gasteiger partial charge on any atom is -0.394 e. The minimum absolute atomic E-state index is 0.0744. The maximum atomic E-state index is 12.1. The van der Waals surface area contributed by atoms with Crippen LogP contribution >= 0.6 is 22.6 Å². The summed E-state index contributed by atoms with van der Waals surface area (Å²) in [5, 5.41) is 22.6. The van der Waals surface area contributed by atoms with Gasteiger partial charge in [-0.15, -0.1) is 0 Å². The molecule has 0 aliphatic rings. The Morgan fingerprint density at radius 2 is 2.16 bits per heavy atom. The van der Waals surface area contributed by atoms with Crippen LogP contribution in [0.15, 0.2) is 18.2 Å². The number of non-ortho nitro benzene ring substituents is 1. The highest BCUT2D eigenvalue weighted by Gasteiger charge is 2.20. The van der Waals surface area contributed by atoms with Gasteiger partial charge in [0, 0.05) is 15.7 Å². The van der Waals surface area contributed by atoms with Crippen LogP contribution in [0, 0.1) is 19.6 Å². The van der Waals surface area contributed by atoms with Crippen molar-refractivity contribution in [2.24, 2.45) is 5.92 Å². The van der Waals surface area contributed by atoms with Gasteiger partial charge in [0.15, 0.2) is 0 Å². The number of aliphatic hydroxyl groups is 1. The lowest BCUT2D eigenvalue weighted by atomic mass is 10.0. The van der Waals surface area contributed by atoms with E-state index in [1.165, 1.54) is 18.2 Å².